The second kappa shape index (κ2) is 7.21. The molecule has 1 saturated heterocycles. The molecule has 4 aliphatic rings. The first-order valence-corrected chi connectivity index (χ1v) is 11.8. The standard InChI is InChI=1S/C24H36ClNO2/c1-22-13-11-21(27)26(3)20(22)8-7-17-18(22)9-14-23(2)19(17)10-15-24(23,28)12-5-4-6-16-25/h17-20,28H,4,6-11,13-16H2,1-3H3/t17?,18?,19?,20?,22-,23+,24+/m1/s1. The Morgan fingerprint density at radius 2 is 1.89 bits per heavy atom. The molecule has 1 amide bonds. The molecule has 4 fully saturated rings. The summed E-state index contributed by atoms with van der Waals surface area (Å²) in [4.78, 5) is 14.3. The summed E-state index contributed by atoms with van der Waals surface area (Å²) in [5.74, 6) is 9.38. The number of rotatable bonds is 2. The molecule has 4 unspecified atom stereocenters. The van der Waals surface area contributed by atoms with Crippen molar-refractivity contribution < 1.29 is 9.90 Å². The Morgan fingerprint density at radius 3 is 2.64 bits per heavy atom. The van der Waals surface area contributed by atoms with Gasteiger partial charge < -0.3 is 10.0 Å². The third kappa shape index (κ3) is 2.85. The second-order valence-corrected chi connectivity index (χ2v) is 10.8. The molecule has 3 saturated carbocycles. The first-order valence-electron chi connectivity index (χ1n) is 11.3. The van der Waals surface area contributed by atoms with Crippen LogP contribution >= 0.6 is 11.6 Å². The van der Waals surface area contributed by atoms with Gasteiger partial charge in [-0.1, -0.05) is 19.8 Å². The number of fused-ring (bicyclic) bond motifs is 5. The van der Waals surface area contributed by atoms with Crippen LogP contribution in [0.1, 0.15) is 78.1 Å². The van der Waals surface area contributed by atoms with E-state index in [1.165, 1.54) is 12.8 Å². The summed E-state index contributed by atoms with van der Waals surface area (Å²) in [6.45, 7) is 4.76. The molecule has 0 aromatic carbocycles. The van der Waals surface area contributed by atoms with Gasteiger partial charge in [-0.15, -0.1) is 17.5 Å². The summed E-state index contributed by atoms with van der Waals surface area (Å²) in [6, 6.07) is 0.398. The van der Waals surface area contributed by atoms with Crippen LogP contribution in [0.15, 0.2) is 0 Å². The fourth-order valence-electron chi connectivity index (χ4n) is 7.74. The fraction of sp³-hybridized carbons (Fsp3) is 0.875. The Balaban J connectivity index is 1.58. The Hall–Kier alpha value is -0.720. The molecule has 7 atom stereocenters. The van der Waals surface area contributed by atoms with Crippen molar-refractivity contribution in [3.05, 3.63) is 0 Å². The zero-order valence-electron chi connectivity index (χ0n) is 17.8. The van der Waals surface area contributed by atoms with E-state index in [0.717, 1.165) is 44.9 Å². The Morgan fingerprint density at radius 1 is 1.14 bits per heavy atom. The molecular weight excluding hydrogens is 370 g/mol. The van der Waals surface area contributed by atoms with Crippen LogP contribution in [0, 0.1) is 40.4 Å². The maximum absolute atomic E-state index is 12.3. The van der Waals surface area contributed by atoms with Gasteiger partial charge in [0.2, 0.25) is 5.91 Å². The molecule has 1 heterocycles. The van der Waals surface area contributed by atoms with Crippen molar-refractivity contribution in [2.75, 3.05) is 12.9 Å². The number of hydrogen-bond acceptors (Lipinski definition) is 2. The third-order valence-electron chi connectivity index (χ3n) is 9.44. The number of piperidine rings is 1. The van der Waals surface area contributed by atoms with Gasteiger partial charge in [0.15, 0.2) is 0 Å². The first kappa shape index (κ1) is 20.5. The molecule has 1 N–H and O–H groups in total. The lowest BCUT2D eigenvalue weighted by atomic mass is 9.46. The minimum absolute atomic E-state index is 0.0955. The monoisotopic (exact) mass is 405 g/mol. The van der Waals surface area contributed by atoms with E-state index in [2.05, 4.69) is 30.6 Å². The summed E-state index contributed by atoms with van der Waals surface area (Å²) in [5.41, 5.74) is -0.701. The lowest BCUT2D eigenvalue weighted by Gasteiger charge is -2.62. The highest BCUT2D eigenvalue weighted by Gasteiger charge is 2.64. The van der Waals surface area contributed by atoms with E-state index in [-0.39, 0.29) is 10.8 Å². The van der Waals surface area contributed by atoms with Gasteiger partial charge in [0.25, 0.3) is 0 Å². The summed E-state index contributed by atoms with van der Waals surface area (Å²) in [5, 5.41) is 11.5. The number of hydrogen-bond donors (Lipinski definition) is 1. The van der Waals surface area contributed by atoms with Gasteiger partial charge in [-0.2, -0.15) is 0 Å². The number of nitrogens with zero attached hydrogens (tertiary/aromatic N) is 1. The molecule has 3 nitrogen and oxygen atoms in total. The minimum Gasteiger partial charge on any atom is -0.377 e. The van der Waals surface area contributed by atoms with E-state index in [1.54, 1.807) is 0 Å². The summed E-state index contributed by atoms with van der Waals surface area (Å²) in [7, 11) is 2.02. The smallest absolute Gasteiger partial charge is 0.222 e. The normalized spacial score (nSPS) is 47.6. The van der Waals surface area contributed by atoms with Gasteiger partial charge in [0.1, 0.15) is 5.60 Å². The molecule has 0 aromatic heterocycles. The van der Waals surface area contributed by atoms with Crippen molar-refractivity contribution in [3.8, 4) is 11.8 Å². The number of unbranched alkanes of at least 4 members (excludes halogenated alkanes) is 1. The number of likely N-dealkylation sites (tertiary alicyclic amines) is 1. The van der Waals surface area contributed by atoms with Gasteiger partial charge in [-0.25, -0.2) is 0 Å². The van der Waals surface area contributed by atoms with Crippen LogP contribution in [0.3, 0.4) is 0 Å². The second-order valence-electron chi connectivity index (χ2n) is 10.4. The van der Waals surface area contributed by atoms with Gasteiger partial charge >= 0.3 is 0 Å². The molecule has 3 aliphatic carbocycles. The lowest BCUT2D eigenvalue weighted by molar-refractivity contribution is -0.163. The van der Waals surface area contributed by atoms with Crippen LogP contribution in [-0.4, -0.2) is 40.5 Å². The number of aliphatic hydroxyl groups is 1. The first-order chi connectivity index (χ1) is 13.3. The molecule has 1 aliphatic heterocycles. The molecule has 0 aromatic rings. The fourth-order valence-corrected chi connectivity index (χ4v) is 7.87. The molecule has 156 valence electrons. The van der Waals surface area contributed by atoms with E-state index in [9.17, 15) is 9.90 Å². The van der Waals surface area contributed by atoms with Gasteiger partial charge in [-0.05, 0) is 74.5 Å². The lowest BCUT2D eigenvalue weighted by Crippen LogP contribution is -2.62. The van der Waals surface area contributed by atoms with Crippen LogP contribution in [-0.2, 0) is 4.79 Å². The molecule has 4 rings (SSSR count). The topological polar surface area (TPSA) is 40.5 Å². The Bertz CT molecular complexity index is 698. The Labute approximate surface area is 175 Å². The number of carbonyl (C=O) groups is 1. The zero-order valence-corrected chi connectivity index (χ0v) is 18.5. The predicted molar refractivity (Wildman–Crippen MR) is 113 cm³/mol. The van der Waals surface area contributed by atoms with Crippen molar-refractivity contribution in [2.45, 2.75) is 89.7 Å². The van der Waals surface area contributed by atoms with Crippen LogP contribution in [0.4, 0.5) is 0 Å². The van der Waals surface area contributed by atoms with Crippen molar-refractivity contribution in [2.24, 2.45) is 28.6 Å². The largest absolute Gasteiger partial charge is 0.377 e. The van der Waals surface area contributed by atoms with E-state index in [4.69, 9.17) is 11.6 Å². The third-order valence-corrected chi connectivity index (χ3v) is 9.71. The highest BCUT2D eigenvalue weighted by molar-refractivity contribution is 6.17. The molecular formula is C24H36ClNO2. The average molecular weight is 406 g/mol. The van der Waals surface area contributed by atoms with Crippen LogP contribution < -0.4 is 0 Å². The quantitative estimate of drug-likeness (QED) is 0.414. The van der Waals surface area contributed by atoms with E-state index >= 15 is 0 Å². The number of halogens is 1. The highest BCUT2D eigenvalue weighted by Crippen LogP contribution is 2.66. The van der Waals surface area contributed by atoms with E-state index in [0.29, 0.717) is 42.0 Å². The summed E-state index contributed by atoms with van der Waals surface area (Å²) >= 11 is 5.78. The maximum Gasteiger partial charge on any atom is 0.222 e. The molecule has 0 spiro atoms. The zero-order chi connectivity index (χ0) is 20.2. The number of carbonyl (C=O) groups excluding carboxylic acids is 1. The van der Waals surface area contributed by atoms with Gasteiger partial charge in [0.05, 0.1) is 0 Å². The van der Waals surface area contributed by atoms with Crippen molar-refractivity contribution in [1.82, 2.24) is 4.90 Å². The minimum atomic E-state index is -0.841. The van der Waals surface area contributed by atoms with Gasteiger partial charge in [0, 0.05) is 37.2 Å². The molecule has 4 heteroatoms. The predicted octanol–water partition coefficient (Wildman–Crippen LogP) is 4.60. The van der Waals surface area contributed by atoms with Crippen molar-refractivity contribution >= 4 is 17.5 Å². The van der Waals surface area contributed by atoms with Crippen LogP contribution in [0.2, 0.25) is 0 Å². The van der Waals surface area contributed by atoms with Crippen LogP contribution in [0.5, 0.6) is 0 Å². The summed E-state index contributed by atoms with van der Waals surface area (Å²) < 4.78 is 0. The highest BCUT2D eigenvalue weighted by atomic mass is 35.5. The van der Waals surface area contributed by atoms with Crippen molar-refractivity contribution in [1.29, 1.82) is 0 Å². The average Bonchev–Trinajstić information content (AvgIpc) is 2.94. The molecule has 28 heavy (non-hydrogen) atoms. The van der Waals surface area contributed by atoms with Crippen LogP contribution in [0.25, 0.3) is 0 Å². The number of amides is 1. The van der Waals surface area contributed by atoms with Gasteiger partial charge in [-0.3, -0.25) is 4.79 Å². The Kier molecular flexibility index (Phi) is 5.29. The molecule has 0 radical (unpaired) electrons. The van der Waals surface area contributed by atoms with E-state index in [1.807, 2.05) is 7.05 Å². The number of alkyl halides is 1. The SMILES string of the molecule is CN1C(=O)CC[C@]2(C)C3CC[C@@]4(C)C(CC[C@@]4(O)C#CCCCCl)C3CCC12. The molecule has 0 bridgehead atoms. The summed E-state index contributed by atoms with van der Waals surface area (Å²) in [6.07, 6.45) is 9.83. The van der Waals surface area contributed by atoms with E-state index < -0.39 is 5.60 Å². The van der Waals surface area contributed by atoms with Crippen molar-refractivity contribution in [3.63, 3.8) is 0 Å². The maximum atomic E-state index is 12.3.